The van der Waals surface area contributed by atoms with Crippen molar-refractivity contribution in [1.82, 2.24) is 19.7 Å². The second kappa shape index (κ2) is 13.5. The molecule has 4 aliphatic carbocycles. The summed E-state index contributed by atoms with van der Waals surface area (Å²) in [6.07, 6.45) is 9.96. The van der Waals surface area contributed by atoms with Crippen LogP contribution in [-0.2, 0) is 29.0 Å². The fourth-order valence-corrected chi connectivity index (χ4v) is 10.9. The number of anilines is 2. The normalized spacial score (nSPS) is 24.4. The number of thiazole rings is 1. The number of aromatic nitrogens is 4. The maximum atomic E-state index is 13.6. The van der Waals surface area contributed by atoms with Gasteiger partial charge in [0.2, 0.25) is 5.88 Å². The third kappa shape index (κ3) is 6.66. The number of fused-ring (bicyclic) bond motifs is 2. The number of carbonyl (C=O) groups excluding carboxylic acids is 1. The lowest BCUT2D eigenvalue weighted by Gasteiger charge is -2.61. The van der Waals surface area contributed by atoms with E-state index in [0.717, 1.165) is 52.7 Å². The molecule has 4 fully saturated rings. The van der Waals surface area contributed by atoms with Crippen LogP contribution in [0.2, 0.25) is 0 Å². The Bertz CT molecular complexity index is 2150. The van der Waals surface area contributed by atoms with Crippen molar-refractivity contribution >= 4 is 44.6 Å². The minimum absolute atomic E-state index is 0.00233. The SMILES string of the molecule is COCCOC12CC3CC(CC(Cn4cc(-c5ccc(N6CCc7cccc(C(=O)Nc8nc9ccccc9s8)c7C6)nc5OC(=O)O)cn4)(C3)C1)C2. The number of nitrogens with zero attached hydrogens (tertiary/aromatic N) is 5. The van der Waals surface area contributed by atoms with Crippen molar-refractivity contribution < 1.29 is 28.9 Å². The van der Waals surface area contributed by atoms with Crippen LogP contribution in [0, 0.1) is 17.3 Å². The number of pyridine rings is 1. The van der Waals surface area contributed by atoms with Gasteiger partial charge in [0.1, 0.15) is 5.82 Å². The van der Waals surface area contributed by atoms with Gasteiger partial charge in [0.05, 0.1) is 35.2 Å². The zero-order valence-electron chi connectivity index (χ0n) is 29.6. The average molecular weight is 735 g/mol. The standard InChI is InChI=1S/C40H42N6O6S/c1-50-13-14-51-40-18-25-15-26(19-40)17-39(16-25,23-40)24-46-21-28(20-41-46)29-9-10-34(43-36(29)52-38(48)49)45-12-11-27-5-4-6-30(31(27)22-45)35(47)44-37-42-32-7-2-3-8-33(32)53-37/h2-10,20-21,25-26H,11-19,22-24H2,1H3,(H,48,49)(H,42,44,47). The number of hydrogen-bond donors (Lipinski definition) is 2. The topological polar surface area (TPSA) is 141 Å². The predicted molar refractivity (Wildman–Crippen MR) is 201 cm³/mol. The molecule has 4 saturated carbocycles. The zero-order valence-corrected chi connectivity index (χ0v) is 30.4. The molecule has 5 aliphatic rings. The van der Waals surface area contributed by atoms with E-state index < -0.39 is 6.16 Å². The Morgan fingerprint density at radius 1 is 1.02 bits per heavy atom. The van der Waals surface area contributed by atoms with E-state index in [9.17, 15) is 14.7 Å². The molecule has 274 valence electrons. The largest absolute Gasteiger partial charge is 0.512 e. The van der Waals surface area contributed by atoms with Crippen molar-refractivity contribution in [1.29, 1.82) is 0 Å². The Morgan fingerprint density at radius 2 is 1.87 bits per heavy atom. The Labute approximate surface area is 311 Å². The summed E-state index contributed by atoms with van der Waals surface area (Å²) in [7, 11) is 1.72. The number of carbonyl (C=O) groups is 2. The van der Waals surface area contributed by atoms with Gasteiger partial charge in [-0.2, -0.15) is 10.1 Å². The lowest BCUT2D eigenvalue weighted by atomic mass is 9.48. The summed E-state index contributed by atoms with van der Waals surface area (Å²) >= 11 is 1.44. The second-order valence-corrected chi connectivity index (χ2v) is 16.4. The van der Waals surface area contributed by atoms with E-state index in [0.29, 0.717) is 66.6 Å². The smallest absolute Gasteiger partial charge is 0.449 e. The Kier molecular flexibility index (Phi) is 8.67. The third-order valence-corrected chi connectivity index (χ3v) is 12.6. The number of para-hydroxylation sites is 1. The minimum atomic E-state index is -1.44. The first-order valence-corrected chi connectivity index (χ1v) is 19.2. The van der Waals surface area contributed by atoms with Crippen LogP contribution in [0.3, 0.4) is 0 Å². The second-order valence-electron chi connectivity index (χ2n) is 15.4. The summed E-state index contributed by atoms with van der Waals surface area (Å²) < 4.78 is 20.1. The van der Waals surface area contributed by atoms with E-state index in [1.165, 1.54) is 30.6 Å². The molecule has 0 saturated heterocycles. The van der Waals surface area contributed by atoms with Crippen molar-refractivity contribution in [3.8, 4) is 17.0 Å². The number of nitrogens with one attached hydrogen (secondary N) is 1. The lowest BCUT2D eigenvalue weighted by Crippen LogP contribution is -2.58. The van der Waals surface area contributed by atoms with E-state index in [1.54, 1.807) is 13.3 Å². The number of hydrogen-bond acceptors (Lipinski definition) is 10. The first kappa shape index (κ1) is 34.0. The van der Waals surface area contributed by atoms with Gasteiger partial charge in [-0.05, 0) is 104 Å². The van der Waals surface area contributed by atoms with Crippen LogP contribution in [0.15, 0.2) is 67.0 Å². The molecular weight excluding hydrogens is 693 g/mol. The zero-order chi connectivity index (χ0) is 36.2. The number of ether oxygens (including phenoxy) is 3. The van der Waals surface area contributed by atoms with Crippen LogP contribution < -0.4 is 15.0 Å². The van der Waals surface area contributed by atoms with E-state index >= 15 is 0 Å². The molecule has 10 rings (SSSR count). The van der Waals surface area contributed by atoms with Gasteiger partial charge >= 0.3 is 6.16 Å². The molecule has 13 heteroatoms. The van der Waals surface area contributed by atoms with Crippen LogP contribution >= 0.6 is 11.3 Å². The first-order valence-electron chi connectivity index (χ1n) is 18.4. The molecule has 2 N–H and O–H groups in total. The monoisotopic (exact) mass is 734 g/mol. The highest BCUT2D eigenvalue weighted by Crippen LogP contribution is 2.63. The molecule has 5 aromatic rings. The van der Waals surface area contributed by atoms with E-state index in [1.807, 2.05) is 65.5 Å². The Balaban J connectivity index is 0.940. The molecule has 1 amide bonds. The number of amides is 1. The van der Waals surface area contributed by atoms with Gasteiger partial charge in [0, 0.05) is 49.6 Å². The van der Waals surface area contributed by atoms with Crippen LogP contribution in [0.25, 0.3) is 21.3 Å². The molecule has 2 unspecified atom stereocenters. The fraction of sp³-hybridized carbons (Fsp3) is 0.425. The summed E-state index contributed by atoms with van der Waals surface area (Å²) in [5, 5.41) is 18.0. The van der Waals surface area contributed by atoms with Gasteiger partial charge in [-0.25, -0.2) is 9.78 Å². The molecule has 1 aliphatic heterocycles. The molecule has 0 radical (unpaired) electrons. The number of benzene rings is 2. The van der Waals surface area contributed by atoms with Gasteiger partial charge < -0.3 is 24.2 Å². The minimum Gasteiger partial charge on any atom is -0.449 e. The van der Waals surface area contributed by atoms with Gasteiger partial charge in [0.15, 0.2) is 5.13 Å². The molecule has 12 nitrogen and oxygen atoms in total. The van der Waals surface area contributed by atoms with Crippen LogP contribution in [0.5, 0.6) is 5.88 Å². The molecule has 4 heterocycles. The quantitative estimate of drug-likeness (QED) is 0.104. The molecule has 4 bridgehead atoms. The molecule has 3 aromatic heterocycles. The number of methoxy groups -OCH3 is 1. The van der Waals surface area contributed by atoms with Gasteiger partial charge in [0.25, 0.3) is 5.91 Å². The van der Waals surface area contributed by atoms with Crippen LogP contribution in [0.4, 0.5) is 15.7 Å². The van der Waals surface area contributed by atoms with Crippen molar-refractivity contribution in [3.63, 3.8) is 0 Å². The molecule has 53 heavy (non-hydrogen) atoms. The number of rotatable bonds is 11. The fourth-order valence-electron chi connectivity index (χ4n) is 10.1. The summed E-state index contributed by atoms with van der Waals surface area (Å²) in [5.41, 5.74) is 4.76. The van der Waals surface area contributed by atoms with E-state index in [4.69, 9.17) is 24.3 Å². The van der Waals surface area contributed by atoms with E-state index in [-0.39, 0.29) is 22.8 Å². The highest BCUT2D eigenvalue weighted by atomic mass is 32.1. The van der Waals surface area contributed by atoms with Gasteiger partial charge in [-0.1, -0.05) is 35.6 Å². The van der Waals surface area contributed by atoms with Crippen molar-refractivity contribution in [3.05, 3.63) is 83.7 Å². The maximum Gasteiger partial charge on any atom is 0.512 e. The van der Waals surface area contributed by atoms with Crippen LogP contribution in [-0.4, -0.2) is 69.4 Å². The first-order chi connectivity index (χ1) is 25.8. The van der Waals surface area contributed by atoms with Crippen molar-refractivity contribution in [2.75, 3.05) is 37.1 Å². The van der Waals surface area contributed by atoms with Crippen molar-refractivity contribution in [2.45, 2.75) is 63.6 Å². The molecule has 0 spiro atoms. The third-order valence-electron chi connectivity index (χ3n) is 11.7. The molecular formula is C40H42N6O6S. The highest BCUT2D eigenvalue weighted by Gasteiger charge is 2.58. The summed E-state index contributed by atoms with van der Waals surface area (Å²) in [4.78, 5) is 36.8. The van der Waals surface area contributed by atoms with Crippen molar-refractivity contribution in [2.24, 2.45) is 17.3 Å². The molecule has 2 aromatic carbocycles. The molecule has 2 atom stereocenters. The summed E-state index contributed by atoms with van der Waals surface area (Å²) in [6.45, 7) is 3.09. The van der Waals surface area contributed by atoms with Crippen LogP contribution in [0.1, 0.15) is 60.0 Å². The lowest BCUT2D eigenvalue weighted by molar-refractivity contribution is -0.200. The van der Waals surface area contributed by atoms with Gasteiger partial charge in [-0.3, -0.25) is 14.8 Å². The van der Waals surface area contributed by atoms with E-state index in [2.05, 4.69) is 15.2 Å². The maximum absolute atomic E-state index is 13.6. The summed E-state index contributed by atoms with van der Waals surface area (Å²) in [5.74, 6) is 1.69. The summed E-state index contributed by atoms with van der Waals surface area (Å²) in [6, 6.07) is 17.3. The Morgan fingerprint density at radius 3 is 2.68 bits per heavy atom. The Hall–Kier alpha value is -4.85. The highest BCUT2D eigenvalue weighted by molar-refractivity contribution is 7.22. The predicted octanol–water partition coefficient (Wildman–Crippen LogP) is 7.43. The average Bonchev–Trinajstić information content (AvgIpc) is 3.76. The van der Waals surface area contributed by atoms with Gasteiger partial charge in [-0.15, -0.1) is 0 Å². The number of carboxylic acid groups (broad SMARTS) is 1.